The zero-order chi connectivity index (χ0) is 40.6. The van der Waals surface area contributed by atoms with Crippen LogP contribution in [0.1, 0.15) is 42.4 Å². The summed E-state index contributed by atoms with van der Waals surface area (Å²) in [6.07, 6.45) is -0.475. The van der Waals surface area contributed by atoms with Crippen LogP contribution in [0.3, 0.4) is 0 Å². The average molecular weight is 787 g/mol. The highest BCUT2D eigenvalue weighted by atomic mass is 16.3. The number of aliphatic imine (C=N–C) groups is 2. The smallest absolute Gasteiger partial charge is 0.206 e. The van der Waals surface area contributed by atoms with Crippen LogP contribution in [0.4, 0.5) is 0 Å². The van der Waals surface area contributed by atoms with Gasteiger partial charge in [0.15, 0.2) is 5.84 Å². The normalized spacial score (nSPS) is 15.9. The summed E-state index contributed by atoms with van der Waals surface area (Å²) in [7, 11) is 2.11. The van der Waals surface area contributed by atoms with Crippen LogP contribution in [-0.2, 0) is 5.41 Å². The molecule has 6 heteroatoms. The second-order valence-electron chi connectivity index (χ2n) is 17.0. The number of rotatable bonds is 4. The number of nitrogens with zero attached hydrogens (tertiary/aromatic N) is 4. The van der Waals surface area contributed by atoms with Crippen molar-refractivity contribution >= 4 is 77.4 Å². The van der Waals surface area contributed by atoms with E-state index >= 15 is 0 Å². The number of hydrogen-bond donors (Lipinski definition) is 0. The van der Waals surface area contributed by atoms with E-state index in [-0.39, 0.29) is 5.41 Å². The molecule has 1 atom stereocenters. The molecule has 0 fully saturated rings. The lowest BCUT2D eigenvalue weighted by molar-refractivity contribution is 0.297. The van der Waals surface area contributed by atoms with E-state index in [1.54, 1.807) is 0 Å². The number of para-hydroxylation sites is 2. The van der Waals surface area contributed by atoms with Crippen molar-refractivity contribution in [2.24, 2.45) is 9.98 Å². The molecule has 6 nitrogen and oxygen atoms in total. The van der Waals surface area contributed by atoms with Crippen LogP contribution in [0.5, 0.6) is 0 Å². The standard InChI is InChI=1S/C55H38N4O2/c1-55(2)43-20-10-7-16-36(43)41-30-42-37-17-8-11-21-45(37)59(46(42)31-44(41)55)54-57-52(33-24-26-39-38-18-9-12-22-47(38)60-49(39)28-33)56-53(58(54)3)34-25-27-40-50(29-34)61-48-23-13-19-35(51(40)48)32-14-5-4-6-15-32/h4-31,54H,1-3H3. The Bertz CT molecular complexity index is 3710. The zero-order valence-corrected chi connectivity index (χ0v) is 33.8. The molecule has 0 N–H and O–H groups in total. The van der Waals surface area contributed by atoms with E-state index in [9.17, 15) is 0 Å². The summed E-state index contributed by atoms with van der Waals surface area (Å²) >= 11 is 0. The molecule has 0 saturated heterocycles. The Kier molecular flexibility index (Phi) is 6.96. The summed E-state index contributed by atoms with van der Waals surface area (Å²) < 4.78 is 15.5. The number of hydrogen-bond acceptors (Lipinski definition) is 5. The molecule has 1 aliphatic carbocycles. The van der Waals surface area contributed by atoms with Gasteiger partial charge in [0.05, 0.1) is 11.0 Å². The molecule has 13 rings (SSSR count). The summed E-state index contributed by atoms with van der Waals surface area (Å²) in [5, 5.41) is 6.73. The van der Waals surface area contributed by atoms with Crippen LogP contribution in [0, 0.1) is 0 Å². The van der Waals surface area contributed by atoms with Crippen molar-refractivity contribution in [1.29, 1.82) is 0 Å². The highest BCUT2D eigenvalue weighted by Crippen LogP contribution is 2.51. The third-order valence-corrected chi connectivity index (χ3v) is 13.3. The van der Waals surface area contributed by atoms with Crippen LogP contribution in [0.15, 0.2) is 189 Å². The van der Waals surface area contributed by atoms with Gasteiger partial charge in [-0.15, -0.1) is 0 Å². The molecule has 8 aromatic carbocycles. The molecule has 0 bridgehead atoms. The molecule has 2 aliphatic rings. The van der Waals surface area contributed by atoms with Crippen LogP contribution in [0.25, 0.3) is 87.9 Å². The summed E-state index contributed by atoms with van der Waals surface area (Å²) in [6.45, 7) is 4.69. The zero-order valence-electron chi connectivity index (χ0n) is 33.8. The van der Waals surface area contributed by atoms with E-state index in [1.165, 1.54) is 33.0 Å². The van der Waals surface area contributed by atoms with Crippen LogP contribution < -0.4 is 0 Å². The van der Waals surface area contributed by atoms with Gasteiger partial charge in [-0.25, -0.2) is 9.98 Å². The molecule has 0 spiro atoms. The second kappa shape index (κ2) is 12.4. The summed E-state index contributed by atoms with van der Waals surface area (Å²) in [4.78, 5) is 13.2. The van der Waals surface area contributed by atoms with Gasteiger partial charge in [-0.05, 0) is 88.0 Å². The molecule has 0 saturated carbocycles. The Morgan fingerprint density at radius 1 is 0.475 bits per heavy atom. The maximum atomic E-state index is 6.65. The van der Waals surface area contributed by atoms with Crippen molar-refractivity contribution < 1.29 is 8.83 Å². The van der Waals surface area contributed by atoms with Crippen molar-refractivity contribution in [3.05, 3.63) is 192 Å². The second-order valence-corrected chi connectivity index (χ2v) is 17.0. The molecule has 0 radical (unpaired) electrons. The minimum absolute atomic E-state index is 0.161. The fraction of sp³-hybridized carbons (Fsp3) is 0.0909. The van der Waals surface area contributed by atoms with E-state index in [4.69, 9.17) is 18.8 Å². The van der Waals surface area contributed by atoms with Crippen LogP contribution >= 0.6 is 0 Å². The number of furan rings is 2. The van der Waals surface area contributed by atoms with E-state index < -0.39 is 6.29 Å². The Labute approximate surface area is 351 Å². The minimum Gasteiger partial charge on any atom is -0.456 e. The first-order chi connectivity index (χ1) is 29.9. The van der Waals surface area contributed by atoms with Gasteiger partial charge in [0.1, 0.15) is 28.2 Å². The Hall–Kier alpha value is -7.70. The largest absolute Gasteiger partial charge is 0.456 e. The van der Waals surface area contributed by atoms with Crippen molar-refractivity contribution in [2.75, 3.05) is 7.05 Å². The summed E-state index contributed by atoms with van der Waals surface area (Å²) in [6, 6.07) is 60.3. The van der Waals surface area contributed by atoms with Gasteiger partial charge in [-0.3, -0.25) is 0 Å². The van der Waals surface area contributed by atoms with E-state index in [1.807, 2.05) is 12.1 Å². The molecule has 61 heavy (non-hydrogen) atoms. The average Bonchev–Trinajstić information content (AvgIpc) is 4.02. The van der Waals surface area contributed by atoms with Gasteiger partial charge < -0.3 is 18.3 Å². The van der Waals surface area contributed by atoms with Crippen molar-refractivity contribution in [2.45, 2.75) is 25.6 Å². The maximum Gasteiger partial charge on any atom is 0.206 e. The number of benzene rings is 8. The molecule has 1 aliphatic heterocycles. The van der Waals surface area contributed by atoms with E-state index in [2.05, 4.69) is 188 Å². The first-order valence-corrected chi connectivity index (χ1v) is 20.9. The van der Waals surface area contributed by atoms with Gasteiger partial charge in [0, 0.05) is 55.9 Å². The van der Waals surface area contributed by atoms with Crippen molar-refractivity contribution in [3.8, 4) is 22.3 Å². The predicted molar refractivity (Wildman–Crippen MR) is 250 cm³/mol. The molecule has 11 aromatic rings. The summed E-state index contributed by atoms with van der Waals surface area (Å²) in [5.74, 6) is 1.43. The third-order valence-electron chi connectivity index (χ3n) is 13.3. The molecule has 4 heterocycles. The Morgan fingerprint density at radius 3 is 2.05 bits per heavy atom. The van der Waals surface area contributed by atoms with Gasteiger partial charge in [0.2, 0.25) is 6.29 Å². The lowest BCUT2D eigenvalue weighted by atomic mass is 9.82. The van der Waals surface area contributed by atoms with E-state index in [0.29, 0.717) is 5.84 Å². The Balaban J connectivity index is 1.03. The van der Waals surface area contributed by atoms with Crippen molar-refractivity contribution in [3.63, 3.8) is 0 Å². The molecule has 1 unspecified atom stereocenters. The molecule has 0 amide bonds. The van der Waals surface area contributed by atoms with E-state index in [0.717, 1.165) is 83.0 Å². The molecular formula is C55H38N4O2. The minimum atomic E-state index is -0.475. The first-order valence-electron chi connectivity index (χ1n) is 20.9. The first kappa shape index (κ1) is 34.2. The fourth-order valence-corrected chi connectivity index (χ4v) is 10.3. The third kappa shape index (κ3) is 4.84. The lowest BCUT2D eigenvalue weighted by Gasteiger charge is -2.34. The lowest BCUT2D eigenvalue weighted by Crippen LogP contribution is -2.38. The SMILES string of the molecule is CN1C(c2ccc3c(c2)oc2cccc(-c4ccccc4)c23)=NC(c2ccc3c(c2)oc2ccccc23)=NC1n1c2ccccc2c2cc3c(cc21)C(C)(C)c1ccccc1-3. The molecule has 3 aromatic heterocycles. The maximum absolute atomic E-state index is 6.65. The Morgan fingerprint density at radius 2 is 1.15 bits per heavy atom. The molecule has 290 valence electrons. The number of amidine groups is 2. The van der Waals surface area contributed by atoms with Gasteiger partial charge in [-0.1, -0.05) is 129 Å². The van der Waals surface area contributed by atoms with Crippen molar-refractivity contribution in [1.82, 2.24) is 9.47 Å². The van der Waals surface area contributed by atoms with Gasteiger partial charge >= 0.3 is 0 Å². The monoisotopic (exact) mass is 786 g/mol. The number of aromatic nitrogens is 1. The highest BCUT2D eigenvalue weighted by molar-refractivity contribution is 6.18. The van der Waals surface area contributed by atoms with Crippen LogP contribution in [0.2, 0.25) is 0 Å². The highest BCUT2D eigenvalue weighted by Gasteiger charge is 2.37. The summed E-state index contributed by atoms with van der Waals surface area (Å²) in [5.41, 5.74) is 14.8. The van der Waals surface area contributed by atoms with Gasteiger partial charge in [0.25, 0.3) is 0 Å². The quantitative estimate of drug-likeness (QED) is 0.178. The topological polar surface area (TPSA) is 59.2 Å². The fourth-order valence-electron chi connectivity index (χ4n) is 10.3. The number of fused-ring (bicyclic) bond motifs is 12. The molecular weight excluding hydrogens is 749 g/mol. The van der Waals surface area contributed by atoms with Gasteiger partial charge in [-0.2, -0.15) is 0 Å². The predicted octanol–water partition coefficient (Wildman–Crippen LogP) is 13.9. The van der Waals surface area contributed by atoms with Crippen LogP contribution in [-0.4, -0.2) is 28.2 Å².